The van der Waals surface area contributed by atoms with Crippen molar-refractivity contribution in [3.05, 3.63) is 0 Å². The molecule has 3 fully saturated rings. The Morgan fingerprint density at radius 1 is 1.10 bits per heavy atom. The van der Waals surface area contributed by atoms with Gasteiger partial charge < -0.3 is 0 Å². The highest BCUT2D eigenvalue weighted by Crippen LogP contribution is 2.53. The maximum atomic E-state index is 2.76. The van der Waals surface area contributed by atoms with Crippen LogP contribution >= 0.6 is 0 Å². The second-order valence-corrected chi connectivity index (χ2v) is 4.29. The lowest BCUT2D eigenvalue weighted by Crippen LogP contribution is -2.13. The van der Waals surface area contributed by atoms with Crippen LogP contribution in [0.4, 0.5) is 0 Å². The Morgan fingerprint density at radius 3 is 3.00 bits per heavy atom. The van der Waals surface area contributed by atoms with Crippen molar-refractivity contribution in [3.63, 3.8) is 0 Å². The summed E-state index contributed by atoms with van der Waals surface area (Å²) in [5, 5.41) is 0. The van der Waals surface area contributed by atoms with Crippen molar-refractivity contribution >= 4 is 0 Å². The molecule has 10 heavy (non-hydrogen) atoms. The lowest BCUT2D eigenvalue weighted by Gasteiger charge is -2.11. The standard InChI is InChI=1S/C9H15N/c1-2-5-9-6-4-8(3-1)10(9)7-9/h8H,1-7H2/t8?,9-,10?/m0/s1. The maximum Gasteiger partial charge on any atom is 0.0341 e. The molecule has 0 spiro atoms. The first-order valence-corrected chi connectivity index (χ1v) is 4.68. The third-order valence-corrected chi connectivity index (χ3v) is 3.78. The normalized spacial score (nSPS) is 57.6. The van der Waals surface area contributed by atoms with E-state index < -0.39 is 0 Å². The summed E-state index contributed by atoms with van der Waals surface area (Å²) in [6, 6.07) is 1.02. The molecule has 3 saturated heterocycles. The Balaban J connectivity index is 1.91. The van der Waals surface area contributed by atoms with E-state index in [1.807, 2.05) is 0 Å². The second-order valence-electron chi connectivity index (χ2n) is 4.29. The highest BCUT2D eigenvalue weighted by Gasteiger charge is 2.59. The minimum atomic E-state index is 0.779. The molecule has 1 heteroatoms. The van der Waals surface area contributed by atoms with Gasteiger partial charge in [0.1, 0.15) is 0 Å². The topological polar surface area (TPSA) is 3.01 Å². The number of nitrogens with zero attached hydrogens (tertiary/aromatic N) is 1. The van der Waals surface area contributed by atoms with Gasteiger partial charge in [-0.05, 0) is 25.7 Å². The number of piperidine rings is 1. The van der Waals surface area contributed by atoms with E-state index in [1.54, 1.807) is 0 Å². The minimum absolute atomic E-state index is 0.779. The van der Waals surface area contributed by atoms with Gasteiger partial charge in [0.25, 0.3) is 0 Å². The Bertz CT molecular complexity index is 164. The van der Waals surface area contributed by atoms with Gasteiger partial charge in [-0.3, -0.25) is 4.90 Å². The van der Waals surface area contributed by atoms with Gasteiger partial charge in [-0.15, -0.1) is 0 Å². The summed E-state index contributed by atoms with van der Waals surface area (Å²) in [7, 11) is 0. The van der Waals surface area contributed by atoms with Gasteiger partial charge in [0.2, 0.25) is 0 Å². The summed E-state index contributed by atoms with van der Waals surface area (Å²) in [4.78, 5) is 2.76. The summed E-state index contributed by atoms with van der Waals surface area (Å²) >= 11 is 0. The summed E-state index contributed by atoms with van der Waals surface area (Å²) in [6.07, 6.45) is 9.07. The molecule has 3 rings (SSSR count). The summed E-state index contributed by atoms with van der Waals surface area (Å²) < 4.78 is 0. The third kappa shape index (κ3) is 0.531. The lowest BCUT2D eigenvalue weighted by atomic mass is 9.93. The second kappa shape index (κ2) is 1.58. The molecule has 0 aromatic carbocycles. The van der Waals surface area contributed by atoms with Gasteiger partial charge in [0.15, 0.2) is 0 Å². The lowest BCUT2D eigenvalue weighted by molar-refractivity contribution is 0.390. The van der Waals surface area contributed by atoms with Crippen LogP contribution in [0.2, 0.25) is 0 Å². The zero-order chi connectivity index (χ0) is 6.60. The van der Waals surface area contributed by atoms with Crippen molar-refractivity contribution in [2.45, 2.75) is 50.1 Å². The quantitative estimate of drug-likeness (QED) is 0.460. The van der Waals surface area contributed by atoms with Gasteiger partial charge in [0, 0.05) is 18.1 Å². The van der Waals surface area contributed by atoms with Crippen LogP contribution < -0.4 is 0 Å². The van der Waals surface area contributed by atoms with Crippen LogP contribution in [-0.4, -0.2) is 23.0 Å². The summed E-state index contributed by atoms with van der Waals surface area (Å²) in [5.41, 5.74) is 0.779. The first-order valence-electron chi connectivity index (χ1n) is 4.68. The zero-order valence-electron chi connectivity index (χ0n) is 6.47. The largest absolute Gasteiger partial charge is 0.292 e. The van der Waals surface area contributed by atoms with Crippen LogP contribution in [0.5, 0.6) is 0 Å². The molecular weight excluding hydrogens is 122 g/mol. The van der Waals surface area contributed by atoms with Crippen molar-refractivity contribution in [3.8, 4) is 0 Å². The number of rotatable bonds is 0. The van der Waals surface area contributed by atoms with E-state index in [1.165, 1.54) is 45.1 Å². The molecule has 0 aromatic rings. The molecule has 3 atom stereocenters. The Labute approximate surface area is 62.4 Å². The molecule has 56 valence electrons. The molecule has 0 N–H and O–H groups in total. The van der Waals surface area contributed by atoms with E-state index in [0.29, 0.717) is 0 Å². The van der Waals surface area contributed by atoms with Crippen LogP contribution in [-0.2, 0) is 0 Å². The van der Waals surface area contributed by atoms with Gasteiger partial charge in [-0.2, -0.15) is 0 Å². The SMILES string of the molecule is C1CC[C@@]23CCC(C1)N2C3. The molecule has 0 saturated carbocycles. The number of hydrogen-bond acceptors (Lipinski definition) is 1. The van der Waals surface area contributed by atoms with Gasteiger partial charge in [-0.25, -0.2) is 0 Å². The molecular formula is C9H15N. The smallest absolute Gasteiger partial charge is 0.0341 e. The van der Waals surface area contributed by atoms with Crippen LogP contribution in [0.3, 0.4) is 0 Å². The maximum absolute atomic E-state index is 2.76. The fourth-order valence-electron chi connectivity index (χ4n) is 3.09. The third-order valence-electron chi connectivity index (χ3n) is 3.78. The molecule has 3 heterocycles. The van der Waals surface area contributed by atoms with Crippen LogP contribution in [0, 0.1) is 0 Å². The van der Waals surface area contributed by atoms with Crippen molar-refractivity contribution in [2.24, 2.45) is 0 Å². The average Bonchev–Trinajstić information content (AvgIpc) is 2.52. The van der Waals surface area contributed by atoms with E-state index >= 15 is 0 Å². The Hall–Kier alpha value is -0.0400. The highest BCUT2D eigenvalue weighted by atomic mass is 15.4. The Morgan fingerprint density at radius 2 is 2.10 bits per heavy atom. The van der Waals surface area contributed by atoms with Crippen molar-refractivity contribution in [2.75, 3.05) is 6.54 Å². The molecule has 0 amide bonds. The average molecular weight is 137 g/mol. The van der Waals surface area contributed by atoms with E-state index in [-0.39, 0.29) is 0 Å². The number of hydrogen-bond donors (Lipinski definition) is 0. The molecule has 1 nitrogen and oxygen atoms in total. The van der Waals surface area contributed by atoms with Crippen molar-refractivity contribution < 1.29 is 0 Å². The highest BCUT2D eigenvalue weighted by molar-refractivity contribution is 5.15. The zero-order valence-corrected chi connectivity index (χ0v) is 6.47. The van der Waals surface area contributed by atoms with E-state index in [4.69, 9.17) is 0 Å². The molecule has 0 radical (unpaired) electrons. The molecule has 0 aromatic heterocycles. The van der Waals surface area contributed by atoms with Gasteiger partial charge in [0.05, 0.1) is 0 Å². The molecule has 2 unspecified atom stereocenters. The van der Waals surface area contributed by atoms with Crippen LogP contribution in [0.15, 0.2) is 0 Å². The van der Waals surface area contributed by atoms with E-state index in [9.17, 15) is 0 Å². The summed E-state index contributed by atoms with van der Waals surface area (Å²) in [6.45, 7) is 1.46. The van der Waals surface area contributed by atoms with Gasteiger partial charge >= 0.3 is 0 Å². The van der Waals surface area contributed by atoms with Gasteiger partial charge in [-0.1, -0.05) is 12.8 Å². The van der Waals surface area contributed by atoms with Crippen molar-refractivity contribution in [1.82, 2.24) is 4.90 Å². The molecule has 3 aliphatic rings. The van der Waals surface area contributed by atoms with Crippen LogP contribution in [0.1, 0.15) is 38.5 Å². The van der Waals surface area contributed by atoms with E-state index in [2.05, 4.69) is 4.90 Å². The molecule has 0 aliphatic carbocycles. The first kappa shape index (κ1) is 5.59. The minimum Gasteiger partial charge on any atom is -0.292 e. The van der Waals surface area contributed by atoms with Crippen LogP contribution in [0.25, 0.3) is 0 Å². The fourth-order valence-corrected chi connectivity index (χ4v) is 3.09. The monoisotopic (exact) mass is 137 g/mol. The van der Waals surface area contributed by atoms with Crippen molar-refractivity contribution in [1.29, 1.82) is 0 Å². The Kier molecular flexibility index (Phi) is 0.883. The van der Waals surface area contributed by atoms with E-state index in [0.717, 1.165) is 11.6 Å². The molecule has 3 aliphatic heterocycles. The summed E-state index contributed by atoms with van der Waals surface area (Å²) in [5.74, 6) is 0. The predicted octanol–water partition coefficient (Wildman–Crippen LogP) is 1.78. The first-order chi connectivity index (χ1) is 4.91. The predicted molar refractivity (Wildman–Crippen MR) is 40.9 cm³/mol. The fraction of sp³-hybridized carbons (Fsp3) is 1.00. The molecule has 2 bridgehead atoms.